The molecule has 2 aromatic heterocycles. The van der Waals surface area contributed by atoms with Crippen LogP contribution in [0.4, 0.5) is 0 Å². The minimum Gasteiger partial charge on any atom is -0.497 e. The molecule has 0 bridgehead atoms. The van der Waals surface area contributed by atoms with Gasteiger partial charge in [0.05, 0.1) is 31.6 Å². The molecule has 0 spiro atoms. The van der Waals surface area contributed by atoms with E-state index in [1.807, 2.05) is 49.0 Å². The average Bonchev–Trinajstić information content (AvgIpc) is 3.29. The highest BCUT2D eigenvalue weighted by Crippen LogP contribution is 2.31. The second-order valence-electron chi connectivity index (χ2n) is 7.35. The monoisotopic (exact) mass is 394 g/mol. The van der Waals surface area contributed by atoms with Crippen molar-refractivity contribution >= 4 is 5.91 Å². The summed E-state index contributed by atoms with van der Waals surface area (Å²) in [6.07, 6.45) is 5.15. The Morgan fingerprint density at radius 3 is 2.76 bits per heavy atom. The molecule has 1 unspecified atom stereocenters. The third-order valence-corrected chi connectivity index (χ3v) is 5.35. The molecule has 0 radical (unpaired) electrons. The van der Waals surface area contributed by atoms with E-state index in [4.69, 9.17) is 4.74 Å². The number of hydrogen-bond acceptors (Lipinski definition) is 5. The number of rotatable bonds is 6. The number of carbonyl (C=O) groups is 1. The molecule has 0 saturated heterocycles. The van der Waals surface area contributed by atoms with Gasteiger partial charge in [0, 0.05) is 17.7 Å². The number of fused-ring (bicyclic) bond motifs is 1. The minimum absolute atomic E-state index is 0.00294. The second kappa shape index (κ2) is 8.06. The van der Waals surface area contributed by atoms with E-state index in [2.05, 4.69) is 20.5 Å². The number of nitrogens with one attached hydrogen (secondary N) is 1. The Labute approximate surface area is 169 Å². The van der Waals surface area contributed by atoms with Crippen LogP contribution >= 0.6 is 0 Å². The first-order valence-electron chi connectivity index (χ1n) is 9.94. The van der Waals surface area contributed by atoms with Crippen molar-refractivity contribution < 1.29 is 9.53 Å². The lowest BCUT2D eigenvalue weighted by Crippen LogP contribution is -2.31. The lowest BCUT2D eigenvalue weighted by Gasteiger charge is -2.24. The van der Waals surface area contributed by atoms with Crippen LogP contribution in [-0.4, -0.2) is 37.6 Å². The number of hydrogen-bond donors (Lipinski definition) is 1. The number of carbonyl (C=O) groups excluding carboxylic acids is 1. The molecule has 152 valence electrons. The quantitative estimate of drug-likeness (QED) is 0.695. The van der Waals surface area contributed by atoms with E-state index in [9.17, 15) is 4.79 Å². The van der Waals surface area contributed by atoms with Crippen molar-refractivity contribution in [3.63, 3.8) is 0 Å². The van der Waals surface area contributed by atoms with E-state index < -0.39 is 0 Å². The molecular formula is C21H26N6O2. The van der Waals surface area contributed by atoms with Gasteiger partial charge in [0.1, 0.15) is 17.4 Å². The Morgan fingerprint density at radius 2 is 2.07 bits per heavy atom. The summed E-state index contributed by atoms with van der Waals surface area (Å²) in [7, 11) is 1.66. The van der Waals surface area contributed by atoms with Gasteiger partial charge in [-0.15, -0.1) is 0 Å². The summed E-state index contributed by atoms with van der Waals surface area (Å²) in [6.45, 7) is 4.29. The van der Waals surface area contributed by atoms with Gasteiger partial charge >= 0.3 is 0 Å². The summed E-state index contributed by atoms with van der Waals surface area (Å²) < 4.78 is 8.98. The van der Waals surface area contributed by atoms with Gasteiger partial charge in [0.2, 0.25) is 5.91 Å². The number of benzene rings is 1. The summed E-state index contributed by atoms with van der Waals surface area (Å²) in [4.78, 5) is 16.8. The molecule has 8 heteroatoms. The first-order valence-corrected chi connectivity index (χ1v) is 9.94. The Kier molecular flexibility index (Phi) is 5.33. The highest BCUT2D eigenvalue weighted by molar-refractivity contribution is 5.76. The number of aryl methyl sites for hydroxylation is 3. The molecule has 0 fully saturated rings. The van der Waals surface area contributed by atoms with Crippen LogP contribution in [0.15, 0.2) is 30.5 Å². The number of amides is 1. The molecule has 4 rings (SSSR count). The Bertz CT molecular complexity index is 1000. The summed E-state index contributed by atoms with van der Waals surface area (Å²) >= 11 is 0. The van der Waals surface area contributed by atoms with Crippen molar-refractivity contribution in [2.24, 2.45) is 0 Å². The zero-order valence-corrected chi connectivity index (χ0v) is 17.1. The number of aromatic nitrogens is 5. The lowest BCUT2D eigenvalue weighted by molar-refractivity contribution is -0.122. The highest BCUT2D eigenvalue weighted by atomic mass is 16.5. The Morgan fingerprint density at radius 1 is 1.28 bits per heavy atom. The predicted octanol–water partition coefficient (Wildman–Crippen LogP) is 2.67. The topological polar surface area (TPSA) is 86.9 Å². The second-order valence-corrected chi connectivity index (χ2v) is 7.35. The highest BCUT2D eigenvalue weighted by Gasteiger charge is 2.26. The molecule has 3 aromatic rings. The third-order valence-electron chi connectivity index (χ3n) is 5.35. The first kappa shape index (κ1) is 19.2. The predicted molar refractivity (Wildman–Crippen MR) is 108 cm³/mol. The summed E-state index contributed by atoms with van der Waals surface area (Å²) in [5.74, 6) is 2.40. The van der Waals surface area contributed by atoms with Crippen LogP contribution in [0.2, 0.25) is 0 Å². The van der Waals surface area contributed by atoms with Crippen molar-refractivity contribution in [1.82, 2.24) is 29.9 Å². The van der Waals surface area contributed by atoms with Gasteiger partial charge in [-0.3, -0.25) is 4.79 Å². The third kappa shape index (κ3) is 4.01. The van der Waals surface area contributed by atoms with Crippen LogP contribution in [0, 0.1) is 13.8 Å². The van der Waals surface area contributed by atoms with E-state index in [0.717, 1.165) is 53.6 Å². The van der Waals surface area contributed by atoms with Gasteiger partial charge in [-0.25, -0.2) is 14.3 Å². The fraction of sp³-hybridized carbons (Fsp3) is 0.429. The maximum Gasteiger partial charge on any atom is 0.222 e. The molecule has 1 N–H and O–H groups in total. The summed E-state index contributed by atoms with van der Waals surface area (Å²) in [5, 5.41) is 12.1. The van der Waals surface area contributed by atoms with Gasteiger partial charge in [-0.1, -0.05) is 0 Å². The van der Waals surface area contributed by atoms with Gasteiger partial charge in [-0.05, 0) is 57.4 Å². The van der Waals surface area contributed by atoms with Crippen LogP contribution in [0.3, 0.4) is 0 Å². The van der Waals surface area contributed by atoms with E-state index in [1.165, 1.54) is 0 Å². The largest absolute Gasteiger partial charge is 0.497 e. The summed E-state index contributed by atoms with van der Waals surface area (Å²) in [5.41, 5.74) is 3.26. The number of ether oxygens (including phenoxy) is 1. The molecule has 8 nitrogen and oxygen atoms in total. The standard InChI is InChI=1S/C21H26N6O2/c1-14-23-15(2)26(25-14)12-11-21(28)24-19-5-4-6-20-18(19)13-22-27(20)16-7-9-17(29-3)10-8-16/h7-10,13,19H,4-6,11-12H2,1-3H3,(H,24,28). The molecule has 0 saturated carbocycles. The molecule has 1 atom stereocenters. The van der Waals surface area contributed by atoms with Gasteiger partial charge in [0.25, 0.3) is 0 Å². The van der Waals surface area contributed by atoms with Crippen molar-refractivity contribution in [1.29, 1.82) is 0 Å². The van der Waals surface area contributed by atoms with Gasteiger partial charge in [0.15, 0.2) is 0 Å². The Balaban J connectivity index is 1.45. The molecule has 29 heavy (non-hydrogen) atoms. The van der Waals surface area contributed by atoms with E-state index >= 15 is 0 Å². The molecule has 1 aromatic carbocycles. The Hall–Kier alpha value is -3.16. The zero-order valence-electron chi connectivity index (χ0n) is 17.1. The van der Waals surface area contributed by atoms with Crippen molar-refractivity contribution in [2.75, 3.05) is 7.11 Å². The molecular weight excluding hydrogens is 368 g/mol. The van der Waals surface area contributed by atoms with Crippen LogP contribution in [-0.2, 0) is 17.8 Å². The molecule has 1 aliphatic rings. The molecule has 2 heterocycles. The van der Waals surface area contributed by atoms with Crippen LogP contribution in [0.1, 0.15) is 48.2 Å². The van der Waals surface area contributed by atoms with Crippen LogP contribution in [0.5, 0.6) is 5.75 Å². The molecule has 1 amide bonds. The fourth-order valence-electron chi connectivity index (χ4n) is 3.90. The summed E-state index contributed by atoms with van der Waals surface area (Å²) in [6, 6.07) is 7.85. The fourth-order valence-corrected chi connectivity index (χ4v) is 3.90. The zero-order chi connectivity index (χ0) is 20.4. The number of methoxy groups -OCH3 is 1. The normalized spacial score (nSPS) is 15.8. The lowest BCUT2D eigenvalue weighted by atomic mass is 9.92. The van der Waals surface area contributed by atoms with E-state index in [0.29, 0.717) is 13.0 Å². The van der Waals surface area contributed by atoms with Crippen molar-refractivity contribution in [3.05, 3.63) is 53.4 Å². The SMILES string of the molecule is COc1ccc(-n2ncc3c2CCCC3NC(=O)CCn2nc(C)nc2C)cc1. The van der Waals surface area contributed by atoms with E-state index in [-0.39, 0.29) is 11.9 Å². The van der Waals surface area contributed by atoms with E-state index in [1.54, 1.807) is 11.8 Å². The molecule has 0 aliphatic heterocycles. The van der Waals surface area contributed by atoms with Gasteiger partial charge < -0.3 is 10.1 Å². The maximum absolute atomic E-state index is 12.5. The van der Waals surface area contributed by atoms with Gasteiger partial charge in [-0.2, -0.15) is 10.2 Å². The smallest absolute Gasteiger partial charge is 0.222 e. The van der Waals surface area contributed by atoms with Crippen molar-refractivity contribution in [2.45, 2.75) is 52.1 Å². The molecule has 1 aliphatic carbocycles. The van der Waals surface area contributed by atoms with Crippen LogP contribution in [0.25, 0.3) is 5.69 Å². The van der Waals surface area contributed by atoms with Crippen molar-refractivity contribution in [3.8, 4) is 11.4 Å². The minimum atomic E-state index is -0.00294. The van der Waals surface area contributed by atoms with Crippen LogP contribution < -0.4 is 10.1 Å². The maximum atomic E-state index is 12.5. The average molecular weight is 394 g/mol. The first-order chi connectivity index (χ1) is 14.0. The number of nitrogens with zero attached hydrogens (tertiary/aromatic N) is 5.